The van der Waals surface area contributed by atoms with E-state index in [1.54, 1.807) is 30.3 Å². The van der Waals surface area contributed by atoms with Gasteiger partial charge in [0.15, 0.2) is 0 Å². The van der Waals surface area contributed by atoms with Crippen LogP contribution in [0.5, 0.6) is 5.75 Å². The monoisotopic (exact) mass is 350 g/mol. The highest BCUT2D eigenvalue weighted by Crippen LogP contribution is 2.26. The molecule has 0 aliphatic heterocycles. The van der Waals surface area contributed by atoms with Crippen LogP contribution in [-0.2, 0) is 6.54 Å². The second kappa shape index (κ2) is 6.69. The first-order valence-electron chi connectivity index (χ1n) is 6.42. The zero-order valence-electron chi connectivity index (χ0n) is 11.4. The van der Waals surface area contributed by atoms with E-state index in [1.165, 1.54) is 0 Å². The summed E-state index contributed by atoms with van der Waals surface area (Å²) in [5.41, 5.74) is 1.85. The van der Waals surface area contributed by atoms with Crippen molar-refractivity contribution in [3.63, 3.8) is 0 Å². The highest BCUT2D eigenvalue weighted by molar-refractivity contribution is 9.10. The Hall–Kier alpha value is -1.92. The summed E-state index contributed by atoms with van der Waals surface area (Å²) in [6.07, 6.45) is 0. The summed E-state index contributed by atoms with van der Waals surface area (Å²) in [6, 6.07) is 12.1. The molecule has 1 unspecified atom stereocenters. The largest absolute Gasteiger partial charge is 0.508 e. The van der Waals surface area contributed by atoms with E-state index >= 15 is 0 Å². The molecule has 5 nitrogen and oxygen atoms in total. The van der Waals surface area contributed by atoms with Gasteiger partial charge < -0.3 is 10.4 Å². The zero-order chi connectivity index (χ0) is 15.4. The van der Waals surface area contributed by atoms with Crippen LogP contribution < -0.4 is 5.32 Å². The lowest BCUT2D eigenvalue weighted by Gasteiger charge is -2.14. The number of phenolic OH excluding ortho intramolecular Hbond substituents is 1. The van der Waals surface area contributed by atoms with E-state index in [0.717, 1.165) is 11.1 Å². The average Bonchev–Trinajstić information content (AvgIpc) is 2.45. The molecule has 0 saturated heterocycles. The van der Waals surface area contributed by atoms with Gasteiger partial charge in [-0.1, -0.05) is 18.2 Å². The molecule has 0 saturated carbocycles. The number of halogens is 1. The van der Waals surface area contributed by atoms with Crippen LogP contribution in [0.4, 0.5) is 5.69 Å². The maximum absolute atomic E-state index is 10.9. The van der Waals surface area contributed by atoms with E-state index in [9.17, 15) is 15.2 Å². The van der Waals surface area contributed by atoms with E-state index in [4.69, 9.17) is 0 Å². The number of nitrogens with one attached hydrogen (secondary N) is 1. The molecule has 0 aliphatic rings. The summed E-state index contributed by atoms with van der Waals surface area (Å²) in [6.45, 7) is 2.48. The van der Waals surface area contributed by atoms with Crippen molar-refractivity contribution in [2.45, 2.75) is 19.5 Å². The van der Waals surface area contributed by atoms with Crippen molar-refractivity contribution < 1.29 is 10.0 Å². The summed E-state index contributed by atoms with van der Waals surface area (Å²) in [4.78, 5) is 10.5. The number of nitro benzene ring substituents is 1. The van der Waals surface area contributed by atoms with Crippen LogP contribution in [0.25, 0.3) is 0 Å². The smallest absolute Gasteiger partial charge is 0.283 e. The standard InChI is InChI=1S/C15H15BrN2O3/c1-10(12-3-2-4-13(19)8-12)17-9-11-5-6-14(16)15(7-11)18(20)21/h2-8,10,17,19H,9H2,1H3. The van der Waals surface area contributed by atoms with Crippen LogP contribution in [0.2, 0.25) is 0 Å². The van der Waals surface area contributed by atoms with E-state index in [2.05, 4.69) is 21.2 Å². The van der Waals surface area contributed by atoms with Gasteiger partial charge in [-0.05, 0) is 52.2 Å². The van der Waals surface area contributed by atoms with E-state index in [-0.39, 0.29) is 17.5 Å². The molecule has 1 atom stereocenters. The SMILES string of the molecule is CC(NCc1ccc(Br)c([N+](=O)[O-])c1)c1cccc(O)c1. The third-order valence-corrected chi connectivity index (χ3v) is 3.86. The molecule has 0 aliphatic carbocycles. The second-order valence-electron chi connectivity index (χ2n) is 4.74. The molecular weight excluding hydrogens is 336 g/mol. The normalized spacial score (nSPS) is 12.1. The fraction of sp³-hybridized carbons (Fsp3) is 0.200. The molecule has 2 N–H and O–H groups in total. The molecule has 0 heterocycles. The minimum Gasteiger partial charge on any atom is -0.508 e. The van der Waals surface area contributed by atoms with Crippen molar-refractivity contribution in [2.24, 2.45) is 0 Å². The quantitative estimate of drug-likeness (QED) is 0.633. The molecule has 21 heavy (non-hydrogen) atoms. The first-order valence-corrected chi connectivity index (χ1v) is 7.22. The molecule has 2 rings (SSSR count). The Bertz CT molecular complexity index is 661. The predicted molar refractivity (Wildman–Crippen MR) is 84.2 cm³/mol. The summed E-state index contributed by atoms with van der Waals surface area (Å²) >= 11 is 3.17. The average molecular weight is 351 g/mol. The molecule has 6 heteroatoms. The molecule has 110 valence electrons. The lowest BCUT2D eigenvalue weighted by molar-refractivity contribution is -0.385. The summed E-state index contributed by atoms with van der Waals surface area (Å²) in [5.74, 6) is 0.223. The first kappa shape index (κ1) is 15.5. The van der Waals surface area contributed by atoms with Crippen molar-refractivity contribution >= 4 is 21.6 Å². The van der Waals surface area contributed by atoms with Gasteiger partial charge in [-0.2, -0.15) is 0 Å². The van der Waals surface area contributed by atoms with Crippen molar-refractivity contribution in [3.05, 3.63) is 68.2 Å². The van der Waals surface area contributed by atoms with Gasteiger partial charge in [0.2, 0.25) is 0 Å². The Morgan fingerprint density at radius 3 is 2.76 bits per heavy atom. The van der Waals surface area contributed by atoms with Crippen LogP contribution in [-0.4, -0.2) is 10.0 Å². The van der Waals surface area contributed by atoms with Gasteiger partial charge in [0.05, 0.1) is 9.40 Å². The minimum atomic E-state index is -0.410. The van der Waals surface area contributed by atoms with Crippen molar-refractivity contribution in [3.8, 4) is 5.75 Å². The third-order valence-electron chi connectivity index (χ3n) is 3.19. The van der Waals surface area contributed by atoms with Gasteiger partial charge >= 0.3 is 0 Å². The van der Waals surface area contributed by atoms with E-state index in [0.29, 0.717) is 11.0 Å². The maximum Gasteiger partial charge on any atom is 0.283 e. The minimum absolute atomic E-state index is 0.0276. The van der Waals surface area contributed by atoms with Gasteiger partial charge in [0, 0.05) is 18.7 Å². The van der Waals surface area contributed by atoms with Crippen LogP contribution >= 0.6 is 15.9 Å². The van der Waals surface area contributed by atoms with E-state index < -0.39 is 4.92 Å². The fourth-order valence-corrected chi connectivity index (χ4v) is 2.38. The van der Waals surface area contributed by atoms with Crippen LogP contribution in [0.3, 0.4) is 0 Å². The molecule has 0 radical (unpaired) electrons. The molecule has 0 bridgehead atoms. The molecular formula is C15H15BrN2O3. The Morgan fingerprint density at radius 1 is 1.33 bits per heavy atom. The Labute approximate surface area is 130 Å². The molecule has 0 amide bonds. The molecule has 0 fully saturated rings. The predicted octanol–water partition coefficient (Wildman–Crippen LogP) is 3.91. The number of nitro groups is 1. The van der Waals surface area contributed by atoms with Crippen LogP contribution in [0.15, 0.2) is 46.9 Å². The number of hydrogen-bond acceptors (Lipinski definition) is 4. The first-order chi connectivity index (χ1) is 9.97. The number of nitrogens with zero attached hydrogens (tertiary/aromatic N) is 1. The molecule has 2 aromatic rings. The Balaban J connectivity index is 2.06. The lowest BCUT2D eigenvalue weighted by atomic mass is 10.1. The number of aromatic hydroxyl groups is 1. The lowest BCUT2D eigenvalue weighted by Crippen LogP contribution is -2.18. The summed E-state index contributed by atoms with van der Waals surface area (Å²) in [7, 11) is 0. The van der Waals surface area contributed by atoms with Gasteiger partial charge in [-0.25, -0.2) is 0 Å². The topological polar surface area (TPSA) is 75.4 Å². The molecule has 2 aromatic carbocycles. The second-order valence-corrected chi connectivity index (χ2v) is 5.59. The highest BCUT2D eigenvalue weighted by atomic mass is 79.9. The highest BCUT2D eigenvalue weighted by Gasteiger charge is 2.13. The van der Waals surface area contributed by atoms with Crippen molar-refractivity contribution in [1.29, 1.82) is 0 Å². The third kappa shape index (κ3) is 4.03. The Kier molecular flexibility index (Phi) is 4.93. The van der Waals surface area contributed by atoms with Gasteiger partial charge in [0.1, 0.15) is 5.75 Å². The molecule has 0 aromatic heterocycles. The van der Waals surface area contributed by atoms with Crippen LogP contribution in [0.1, 0.15) is 24.1 Å². The maximum atomic E-state index is 10.9. The van der Waals surface area contributed by atoms with Gasteiger partial charge in [0.25, 0.3) is 5.69 Å². The van der Waals surface area contributed by atoms with Crippen LogP contribution in [0, 0.1) is 10.1 Å². The van der Waals surface area contributed by atoms with Crippen molar-refractivity contribution in [1.82, 2.24) is 5.32 Å². The zero-order valence-corrected chi connectivity index (χ0v) is 13.0. The van der Waals surface area contributed by atoms with E-state index in [1.807, 2.05) is 19.1 Å². The molecule has 0 spiro atoms. The number of hydrogen-bond donors (Lipinski definition) is 2. The number of phenols is 1. The fourth-order valence-electron chi connectivity index (χ4n) is 1.99. The number of rotatable bonds is 5. The Morgan fingerprint density at radius 2 is 2.10 bits per heavy atom. The van der Waals surface area contributed by atoms with Crippen molar-refractivity contribution in [2.75, 3.05) is 0 Å². The van der Waals surface area contributed by atoms with Gasteiger partial charge in [-0.15, -0.1) is 0 Å². The summed E-state index contributed by atoms with van der Waals surface area (Å²) in [5, 5.41) is 23.6. The van der Waals surface area contributed by atoms with Gasteiger partial charge in [-0.3, -0.25) is 10.1 Å². The number of benzene rings is 2. The summed E-state index contributed by atoms with van der Waals surface area (Å²) < 4.78 is 0.470.